The largest absolute Gasteiger partial charge is 0.388 e. The Labute approximate surface area is 104 Å². The summed E-state index contributed by atoms with van der Waals surface area (Å²) in [6, 6.07) is 2.06. The fraction of sp³-hybridized carbons (Fsp3) is 0.600. The van der Waals surface area contributed by atoms with Crippen LogP contribution in [-0.2, 0) is 13.0 Å². The number of aryl methyl sites for hydroxylation is 1. The van der Waals surface area contributed by atoms with Crippen molar-refractivity contribution in [3.05, 3.63) is 23.5 Å². The van der Waals surface area contributed by atoms with E-state index in [9.17, 15) is 5.11 Å². The fourth-order valence-electron chi connectivity index (χ4n) is 2.75. The number of nitrogens with zero attached hydrogens (tertiary/aromatic N) is 1. The van der Waals surface area contributed by atoms with Gasteiger partial charge in [0.2, 0.25) is 0 Å². The maximum absolute atomic E-state index is 10.1. The zero-order valence-corrected chi connectivity index (χ0v) is 10.7. The Bertz CT molecular complexity index is 436. The Kier molecular flexibility index (Phi) is 3.31. The van der Waals surface area contributed by atoms with Crippen LogP contribution in [-0.4, -0.2) is 9.67 Å². The zero-order chi connectivity index (χ0) is 12.5. The van der Waals surface area contributed by atoms with E-state index in [1.807, 2.05) is 0 Å². The van der Waals surface area contributed by atoms with Crippen LogP contribution in [0.3, 0.4) is 0 Å². The van der Waals surface area contributed by atoms with Crippen molar-refractivity contribution in [3.63, 3.8) is 0 Å². The van der Waals surface area contributed by atoms with E-state index in [0.717, 1.165) is 37.8 Å². The van der Waals surface area contributed by atoms with Crippen molar-refractivity contribution in [2.75, 3.05) is 0 Å². The van der Waals surface area contributed by atoms with Crippen LogP contribution in [0.1, 0.15) is 50.5 Å². The zero-order valence-electron chi connectivity index (χ0n) is 10.7. The summed E-state index contributed by atoms with van der Waals surface area (Å²) in [6.07, 6.45) is 10.8. The lowest BCUT2D eigenvalue weighted by molar-refractivity contribution is 0.0979. The van der Waals surface area contributed by atoms with Gasteiger partial charge in [0.05, 0.1) is 6.10 Å². The molecule has 1 heterocycles. The molecule has 1 N–H and O–H groups in total. The van der Waals surface area contributed by atoms with Gasteiger partial charge in [-0.3, -0.25) is 0 Å². The van der Waals surface area contributed by atoms with Gasteiger partial charge in [-0.1, -0.05) is 13.8 Å². The predicted octanol–water partition coefficient (Wildman–Crippen LogP) is 2.91. The van der Waals surface area contributed by atoms with Crippen LogP contribution >= 0.6 is 0 Å². The van der Waals surface area contributed by atoms with Crippen molar-refractivity contribution in [2.45, 2.75) is 52.2 Å². The van der Waals surface area contributed by atoms with Gasteiger partial charge in [0.1, 0.15) is 0 Å². The number of terminal acetylenes is 1. The van der Waals surface area contributed by atoms with Gasteiger partial charge in [-0.15, -0.1) is 12.3 Å². The third kappa shape index (κ3) is 2.56. The first-order chi connectivity index (χ1) is 8.03. The van der Waals surface area contributed by atoms with Crippen molar-refractivity contribution in [3.8, 4) is 12.3 Å². The molecular formula is C15H21NO. The van der Waals surface area contributed by atoms with Crippen molar-refractivity contribution in [2.24, 2.45) is 5.41 Å². The molecule has 92 valence electrons. The highest BCUT2D eigenvalue weighted by molar-refractivity contribution is 5.29. The number of aliphatic hydroxyl groups is 1. The van der Waals surface area contributed by atoms with E-state index in [0.29, 0.717) is 0 Å². The Morgan fingerprint density at radius 2 is 2.35 bits per heavy atom. The van der Waals surface area contributed by atoms with Crippen LogP contribution in [0, 0.1) is 17.8 Å². The Morgan fingerprint density at radius 1 is 1.59 bits per heavy atom. The van der Waals surface area contributed by atoms with Crippen molar-refractivity contribution >= 4 is 0 Å². The average Bonchev–Trinajstić information content (AvgIpc) is 2.60. The SMILES string of the molecule is C#CCCCn1ccc2c1CC(C)(C)CC2O. The molecule has 0 amide bonds. The summed E-state index contributed by atoms with van der Waals surface area (Å²) in [5.74, 6) is 2.67. The molecular weight excluding hydrogens is 210 g/mol. The standard InChI is InChI=1S/C15H21NO/c1-4-5-6-8-16-9-7-12-13(16)10-15(2,3)11-14(12)17/h1,7,9,14,17H,5-6,8,10-11H2,2-3H3. The lowest BCUT2D eigenvalue weighted by Crippen LogP contribution is -2.26. The Hall–Kier alpha value is -1.20. The van der Waals surface area contributed by atoms with E-state index in [2.05, 4.69) is 36.6 Å². The summed E-state index contributed by atoms with van der Waals surface area (Å²) >= 11 is 0. The minimum Gasteiger partial charge on any atom is -0.388 e. The molecule has 0 spiro atoms. The van der Waals surface area contributed by atoms with Crippen molar-refractivity contribution in [1.29, 1.82) is 0 Å². The highest BCUT2D eigenvalue weighted by Gasteiger charge is 2.32. The molecule has 0 saturated heterocycles. The van der Waals surface area contributed by atoms with Gasteiger partial charge in [0.15, 0.2) is 0 Å². The summed E-state index contributed by atoms with van der Waals surface area (Å²) in [7, 11) is 0. The third-order valence-corrected chi connectivity index (χ3v) is 3.59. The quantitative estimate of drug-likeness (QED) is 0.628. The fourth-order valence-corrected chi connectivity index (χ4v) is 2.75. The summed E-state index contributed by atoms with van der Waals surface area (Å²) in [5.41, 5.74) is 2.60. The molecule has 2 nitrogen and oxygen atoms in total. The van der Waals surface area contributed by atoms with Crippen molar-refractivity contribution in [1.82, 2.24) is 4.57 Å². The molecule has 1 aromatic rings. The lowest BCUT2D eigenvalue weighted by Gasteiger charge is -2.34. The summed E-state index contributed by atoms with van der Waals surface area (Å²) in [6.45, 7) is 5.40. The van der Waals surface area contributed by atoms with Crippen LogP contribution < -0.4 is 0 Å². The maximum atomic E-state index is 10.1. The van der Waals surface area contributed by atoms with E-state index in [-0.39, 0.29) is 11.5 Å². The molecule has 0 aromatic carbocycles. The molecule has 1 atom stereocenters. The Morgan fingerprint density at radius 3 is 3.06 bits per heavy atom. The number of hydrogen-bond acceptors (Lipinski definition) is 1. The predicted molar refractivity (Wildman–Crippen MR) is 69.6 cm³/mol. The number of unbranched alkanes of at least 4 members (excludes halogenated alkanes) is 1. The number of aliphatic hydroxyl groups excluding tert-OH is 1. The van der Waals surface area contributed by atoms with Crippen LogP contribution in [0.2, 0.25) is 0 Å². The van der Waals surface area contributed by atoms with Crippen LogP contribution in [0.25, 0.3) is 0 Å². The number of aromatic nitrogens is 1. The van der Waals surface area contributed by atoms with E-state index in [4.69, 9.17) is 6.42 Å². The molecule has 1 unspecified atom stereocenters. The van der Waals surface area contributed by atoms with Gasteiger partial charge in [-0.2, -0.15) is 0 Å². The van der Waals surface area contributed by atoms with Crippen LogP contribution in [0.15, 0.2) is 12.3 Å². The van der Waals surface area contributed by atoms with E-state index >= 15 is 0 Å². The second-order valence-corrected chi connectivity index (χ2v) is 5.78. The van der Waals surface area contributed by atoms with Gasteiger partial charge in [0, 0.05) is 30.4 Å². The first kappa shape index (κ1) is 12.3. The van der Waals surface area contributed by atoms with Crippen molar-refractivity contribution < 1.29 is 5.11 Å². The number of hydrogen-bond donors (Lipinski definition) is 1. The summed E-state index contributed by atoms with van der Waals surface area (Å²) < 4.78 is 2.26. The van der Waals surface area contributed by atoms with Gasteiger partial charge in [0.25, 0.3) is 0 Å². The smallest absolute Gasteiger partial charge is 0.0812 e. The van der Waals surface area contributed by atoms with Crippen LogP contribution in [0.5, 0.6) is 0 Å². The normalized spacial score (nSPS) is 21.9. The van der Waals surface area contributed by atoms with E-state index in [1.165, 1.54) is 5.69 Å². The third-order valence-electron chi connectivity index (χ3n) is 3.59. The Balaban J connectivity index is 2.19. The molecule has 2 heteroatoms. The molecule has 0 saturated carbocycles. The molecule has 2 rings (SSSR count). The molecule has 0 bridgehead atoms. The molecule has 0 fully saturated rings. The summed E-state index contributed by atoms with van der Waals surface area (Å²) in [5, 5.41) is 10.1. The van der Waals surface area contributed by atoms with E-state index < -0.39 is 0 Å². The molecule has 17 heavy (non-hydrogen) atoms. The highest BCUT2D eigenvalue weighted by atomic mass is 16.3. The van der Waals surface area contributed by atoms with Gasteiger partial charge in [-0.25, -0.2) is 0 Å². The van der Waals surface area contributed by atoms with Gasteiger partial charge >= 0.3 is 0 Å². The van der Waals surface area contributed by atoms with Gasteiger partial charge < -0.3 is 9.67 Å². The average molecular weight is 231 g/mol. The summed E-state index contributed by atoms with van der Waals surface area (Å²) in [4.78, 5) is 0. The highest BCUT2D eigenvalue weighted by Crippen LogP contribution is 2.41. The molecule has 1 aromatic heterocycles. The second-order valence-electron chi connectivity index (χ2n) is 5.78. The second kappa shape index (κ2) is 4.58. The van der Waals surface area contributed by atoms with E-state index in [1.54, 1.807) is 0 Å². The first-order valence-electron chi connectivity index (χ1n) is 6.33. The lowest BCUT2D eigenvalue weighted by atomic mass is 9.75. The molecule has 1 aliphatic carbocycles. The number of fused-ring (bicyclic) bond motifs is 1. The van der Waals surface area contributed by atoms with Crippen LogP contribution in [0.4, 0.5) is 0 Å². The first-order valence-corrected chi connectivity index (χ1v) is 6.33. The minimum absolute atomic E-state index is 0.189. The molecule has 1 aliphatic rings. The molecule has 0 radical (unpaired) electrons. The molecule has 0 aliphatic heterocycles. The monoisotopic (exact) mass is 231 g/mol. The maximum Gasteiger partial charge on any atom is 0.0812 e. The topological polar surface area (TPSA) is 25.2 Å². The minimum atomic E-state index is -0.303. The van der Waals surface area contributed by atoms with Gasteiger partial charge in [-0.05, 0) is 30.7 Å². The number of rotatable bonds is 3.